The zero-order valence-electron chi connectivity index (χ0n) is 12.0. The van der Waals surface area contributed by atoms with Gasteiger partial charge in [-0.25, -0.2) is 4.98 Å². The Morgan fingerprint density at radius 2 is 2.00 bits per heavy atom. The van der Waals surface area contributed by atoms with Crippen LogP contribution in [-0.4, -0.2) is 37.1 Å². The summed E-state index contributed by atoms with van der Waals surface area (Å²) in [4.78, 5) is 18.9. The van der Waals surface area contributed by atoms with Gasteiger partial charge >= 0.3 is 6.18 Å². The number of hydrogen-bond acceptors (Lipinski definition) is 5. The summed E-state index contributed by atoms with van der Waals surface area (Å²) in [6.45, 7) is 2.56. The molecule has 0 radical (unpaired) electrons. The molecule has 3 rings (SSSR count). The predicted octanol–water partition coefficient (Wildman–Crippen LogP) is 3.23. The number of benzene rings is 1. The second kappa shape index (κ2) is 6.29. The van der Waals surface area contributed by atoms with Crippen molar-refractivity contribution in [1.82, 2.24) is 4.98 Å². The highest BCUT2D eigenvalue weighted by Gasteiger charge is 2.31. The maximum Gasteiger partial charge on any atom is 0.416 e. The highest BCUT2D eigenvalue weighted by molar-refractivity contribution is 7.17. The lowest BCUT2D eigenvalue weighted by Gasteiger charge is -2.25. The van der Waals surface area contributed by atoms with Crippen molar-refractivity contribution in [2.75, 3.05) is 31.2 Å². The number of rotatable bonds is 3. The summed E-state index contributed by atoms with van der Waals surface area (Å²) in [6.07, 6.45) is -3.05. The van der Waals surface area contributed by atoms with Crippen LogP contribution in [-0.2, 0) is 10.9 Å². The molecule has 0 amide bonds. The fraction of sp³-hybridized carbons (Fsp3) is 0.333. The molecule has 0 N–H and O–H groups in total. The Hall–Kier alpha value is -1.93. The molecular weight excluding hydrogens is 329 g/mol. The molecule has 0 bridgehead atoms. The summed E-state index contributed by atoms with van der Waals surface area (Å²) in [5.74, 6) is -0.451. The molecule has 1 aromatic carbocycles. The van der Waals surface area contributed by atoms with Gasteiger partial charge in [0.05, 0.1) is 29.9 Å². The van der Waals surface area contributed by atoms with Gasteiger partial charge < -0.3 is 9.64 Å². The molecule has 0 spiro atoms. The number of morpholine rings is 1. The quantitative estimate of drug-likeness (QED) is 0.803. The van der Waals surface area contributed by atoms with Gasteiger partial charge in [-0.05, 0) is 12.1 Å². The lowest BCUT2D eigenvalue weighted by molar-refractivity contribution is -0.137. The molecule has 8 heteroatoms. The Balaban J connectivity index is 1.82. The summed E-state index contributed by atoms with van der Waals surface area (Å²) in [5.41, 5.74) is -0.821. The Kier molecular flexibility index (Phi) is 4.36. The van der Waals surface area contributed by atoms with Crippen LogP contribution in [0.15, 0.2) is 30.5 Å². The molecule has 0 unspecified atom stereocenters. The first-order chi connectivity index (χ1) is 10.9. The van der Waals surface area contributed by atoms with Crippen LogP contribution < -0.4 is 4.90 Å². The Bertz CT molecular complexity index is 709. The Morgan fingerprint density at radius 1 is 1.26 bits per heavy atom. The van der Waals surface area contributed by atoms with E-state index >= 15 is 0 Å². The highest BCUT2D eigenvalue weighted by atomic mass is 32.1. The number of halogens is 3. The first-order valence-electron chi connectivity index (χ1n) is 6.95. The minimum atomic E-state index is -4.47. The number of nitrogens with zero attached hydrogens (tertiary/aromatic N) is 2. The van der Waals surface area contributed by atoms with E-state index in [1.807, 2.05) is 4.90 Å². The number of ether oxygens (including phenoxy) is 1. The number of hydrogen-bond donors (Lipinski definition) is 0. The van der Waals surface area contributed by atoms with Crippen LogP contribution in [0.25, 0.3) is 0 Å². The highest BCUT2D eigenvalue weighted by Crippen LogP contribution is 2.31. The van der Waals surface area contributed by atoms with Crippen LogP contribution >= 0.6 is 11.3 Å². The van der Waals surface area contributed by atoms with E-state index in [1.165, 1.54) is 29.7 Å². The molecule has 4 nitrogen and oxygen atoms in total. The largest absolute Gasteiger partial charge is 0.416 e. The first kappa shape index (κ1) is 15.9. The van der Waals surface area contributed by atoms with E-state index in [-0.39, 0.29) is 5.56 Å². The van der Waals surface area contributed by atoms with Gasteiger partial charge in [0.25, 0.3) is 0 Å². The Morgan fingerprint density at radius 3 is 2.70 bits per heavy atom. The number of carbonyl (C=O) groups is 1. The summed E-state index contributed by atoms with van der Waals surface area (Å²) in [5, 5.41) is 0.684. The third kappa shape index (κ3) is 3.53. The van der Waals surface area contributed by atoms with E-state index in [2.05, 4.69) is 4.98 Å². The van der Waals surface area contributed by atoms with Crippen LogP contribution in [0.1, 0.15) is 20.8 Å². The molecule has 1 aromatic heterocycles. The predicted molar refractivity (Wildman–Crippen MR) is 80.0 cm³/mol. The summed E-state index contributed by atoms with van der Waals surface area (Å²) >= 11 is 1.18. The standard InChI is InChI=1S/C15H13F3N2O2S/c16-15(17,18)11-3-1-2-10(8-11)13(21)12-9-19-14(23-12)20-4-6-22-7-5-20/h1-3,8-9H,4-7H2. The molecule has 0 aliphatic carbocycles. The maximum atomic E-state index is 12.7. The van der Waals surface area contributed by atoms with Crippen molar-refractivity contribution in [1.29, 1.82) is 0 Å². The van der Waals surface area contributed by atoms with Crippen LogP contribution in [0, 0.1) is 0 Å². The molecule has 0 saturated carbocycles. The van der Waals surface area contributed by atoms with E-state index in [0.717, 1.165) is 12.1 Å². The van der Waals surface area contributed by atoms with Crippen LogP contribution in [0.4, 0.5) is 18.3 Å². The van der Waals surface area contributed by atoms with Crippen molar-refractivity contribution in [3.8, 4) is 0 Å². The molecule has 2 aromatic rings. The minimum absolute atomic E-state index is 0.0111. The molecule has 1 fully saturated rings. The molecular formula is C15H13F3N2O2S. The average molecular weight is 342 g/mol. The van der Waals surface area contributed by atoms with Gasteiger partial charge in [-0.1, -0.05) is 23.5 Å². The topological polar surface area (TPSA) is 42.4 Å². The fourth-order valence-electron chi connectivity index (χ4n) is 2.25. The van der Waals surface area contributed by atoms with E-state index in [9.17, 15) is 18.0 Å². The van der Waals surface area contributed by atoms with Crippen molar-refractivity contribution in [2.45, 2.75) is 6.18 Å². The minimum Gasteiger partial charge on any atom is -0.378 e. The van der Waals surface area contributed by atoms with Gasteiger partial charge in [0, 0.05) is 18.7 Å². The number of thiazole rings is 1. The summed E-state index contributed by atoms with van der Waals surface area (Å²) in [6, 6.07) is 4.44. The Labute approximate surface area is 134 Å². The molecule has 1 saturated heterocycles. The summed E-state index contributed by atoms with van der Waals surface area (Å²) < 4.78 is 43.5. The number of ketones is 1. The third-order valence-electron chi connectivity index (χ3n) is 3.45. The van der Waals surface area contributed by atoms with Crippen molar-refractivity contribution in [3.05, 3.63) is 46.5 Å². The van der Waals surface area contributed by atoms with Gasteiger partial charge in [-0.3, -0.25) is 4.79 Å². The molecule has 0 atom stereocenters. The summed E-state index contributed by atoms with van der Waals surface area (Å²) in [7, 11) is 0. The zero-order chi connectivity index (χ0) is 16.4. The number of anilines is 1. The lowest BCUT2D eigenvalue weighted by atomic mass is 10.1. The normalized spacial score (nSPS) is 15.7. The maximum absolute atomic E-state index is 12.7. The van der Waals surface area contributed by atoms with E-state index in [1.54, 1.807) is 0 Å². The van der Waals surface area contributed by atoms with Gasteiger partial charge in [0.15, 0.2) is 5.13 Å². The van der Waals surface area contributed by atoms with Crippen molar-refractivity contribution < 1.29 is 22.7 Å². The second-order valence-electron chi connectivity index (χ2n) is 5.01. The molecule has 2 heterocycles. The van der Waals surface area contributed by atoms with E-state index in [0.29, 0.717) is 36.3 Å². The van der Waals surface area contributed by atoms with Crippen molar-refractivity contribution >= 4 is 22.3 Å². The average Bonchev–Trinajstić information content (AvgIpc) is 3.04. The van der Waals surface area contributed by atoms with Crippen molar-refractivity contribution in [2.24, 2.45) is 0 Å². The second-order valence-corrected chi connectivity index (χ2v) is 6.02. The number of aromatic nitrogens is 1. The zero-order valence-corrected chi connectivity index (χ0v) is 12.8. The third-order valence-corrected chi connectivity index (χ3v) is 4.51. The van der Waals surface area contributed by atoms with Crippen LogP contribution in [0.2, 0.25) is 0 Å². The van der Waals surface area contributed by atoms with E-state index in [4.69, 9.17) is 4.74 Å². The van der Waals surface area contributed by atoms with Crippen LogP contribution in [0.5, 0.6) is 0 Å². The lowest BCUT2D eigenvalue weighted by Crippen LogP contribution is -2.36. The molecule has 122 valence electrons. The van der Waals surface area contributed by atoms with Crippen LogP contribution in [0.3, 0.4) is 0 Å². The number of carbonyl (C=O) groups excluding carboxylic acids is 1. The monoisotopic (exact) mass is 342 g/mol. The molecule has 1 aliphatic rings. The van der Waals surface area contributed by atoms with Gasteiger partial charge in [-0.15, -0.1) is 0 Å². The first-order valence-corrected chi connectivity index (χ1v) is 7.77. The van der Waals surface area contributed by atoms with Gasteiger partial charge in [0.2, 0.25) is 5.78 Å². The SMILES string of the molecule is O=C(c1cccc(C(F)(F)F)c1)c1cnc(N2CCOCC2)s1. The smallest absolute Gasteiger partial charge is 0.378 e. The molecule has 1 aliphatic heterocycles. The van der Waals surface area contributed by atoms with Gasteiger partial charge in [-0.2, -0.15) is 13.2 Å². The fourth-order valence-corrected chi connectivity index (χ4v) is 3.18. The van der Waals surface area contributed by atoms with E-state index < -0.39 is 17.5 Å². The van der Waals surface area contributed by atoms with Gasteiger partial charge in [0.1, 0.15) is 0 Å². The number of alkyl halides is 3. The van der Waals surface area contributed by atoms with Crippen molar-refractivity contribution in [3.63, 3.8) is 0 Å². The molecule has 23 heavy (non-hydrogen) atoms.